The van der Waals surface area contributed by atoms with E-state index in [1.165, 1.54) is 32.4 Å². The van der Waals surface area contributed by atoms with Crippen molar-refractivity contribution in [2.45, 2.75) is 25.4 Å². The zero-order valence-corrected chi connectivity index (χ0v) is 18.8. The standard InChI is InChI=1S/C23H21ClF4O5/c1-31-20(29)7-5-4-6-17(13-8-15(23(26,27)28)12-16(25)9-13)14-10-18(22(30)33-3)21(32-2)19(24)11-14/h6,8-12H,4-5,7H2,1-3H3/b17-6-. The van der Waals surface area contributed by atoms with E-state index < -0.39 is 29.5 Å². The molecule has 0 N–H and O–H groups in total. The van der Waals surface area contributed by atoms with Gasteiger partial charge in [0, 0.05) is 6.42 Å². The van der Waals surface area contributed by atoms with Crippen LogP contribution in [0, 0.1) is 5.82 Å². The van der Waals surface area contributed by atoms with Gasteiger partial charge in [0.05, 0.1) is 31.9 Å². The van der Waals surface area contributed by atoms with Crippen LogP contribution in [-0.4, -0.2) is 33.3 Å². The van der Waals surface area contributed by atoms with Crippen molar-refractivity contribution in [2.24, 2.45) is 0 Å². The molecule has 178 valence electrons. The second-order valence-electron chi connectivity index (χ2n) is 6.84. The lowest BCUT2D eigenvalue weighted by molar-refractivity contribution is -0.140. The lowest BCUT2D eigenvalue weighted by Gasteiger charge is -2.16. The van der Waals surface area contributed by atoms with Crippen molar-refractivity contribution >= 4 is 29.1 Å². The molecule has 0 spiro atoms. The third-order valence-corrected chi connectivity index (χ3v) is 4.94. The van der Waals surface area contributed by atoms with Crippen molar-refractivity contribution in [1.29, 1.82) is 0 Å². The Labute approximate surface area is 192 Å². The molecule has 33 heavy (non-hydrogen) atoms. The van der Waals surface area contributed by atoms with E-state index in [1.54, 1.807) is 0 Å². The minimum atomic E-state index is -4.78. The van der Waals surface area contributed by atoms with Crippen LogP contribution in [0.15, 0.2) is 36.4 Å². The Hall–Kier alpha value is -3.07. The summed E-state index contributed by atoms with van der Waals surface area (Å²) < 4.78 is 68.5. The zero-order chi connectivity index (χ0) is 24.8. The molecule has 0 fully saturated rings. The average molecular weight is 489 g/mol. The van der Waals surface area contributed by atoms with Gasteiger partial charge in [-0.1, -0.05) is 17.7 Å². The molecule has 10 heteroatoms. The summed E-state index contributed by atoms with van der Waals surface area (Å²) in [5, 5.41) is 0.00306. The van der Waals surface area contributed by atoms with Gasteiger partial charge < -0.3 is 14.2 Å². The fourth-order valence-corrected chi connectivity index (χ4v) is 3.42. The number of allylic oxidation sites excluding steroid dienone is 1. The van der Waals surface area contributed by atoms with E-state index >= 15 is 0 Å². The highest BCUT2D eigenvalue weighted by Gasteiger charge is 2.32. The highest BCUT2D eigenvalue weighted by molar-refractivity contribution is 6.33. The average Bonchev–Trinajstić information content (AvgIpc) is 2.76. The molecular weight excluding hydrogens is 468 g/mol. The SMILES string of the molecule is COC(=O)CCC/C=C(/c1cc(F)cc(C(F)(F)F)c1)c1cc(Cl)c(OC)c(C(=O)OC)c1. The number of benzene rings is 2. The van der Waals surface area contributed by atoms with E-state index in [0.29, 0.717) is 12.5 Å². The predicted molar refractivity (Wildman–Crippen MR) is 114 cm³/mol. The number of alkyl halides is 3. The van der Waals surface area contributed by atoms with Gasteiger partial charge in [0.25, 0.3) is 0 Å². The minimum Gasteiger partial charge on any atom is -0.494 e. The molecule has 0 aromatic heterocycles. The lowest BCUT2D eigenvalue weighted by Crippen LogP contribution is -2.08. The molecule has 0 heterocycles. The van der Waals surface area contributed by atoms with E-state index in [4.69, 9.17) is 21.1 Å². The minimum absolute atomic E-state index is 0.00306. The van der Waals surface area contributed by atoms with Gasteiger partial charge in [0.15, 0.2) is 5.75 Å². The van der Waals surface area contributed by atoms with Crippen LogP contribution in [0.4, 0.5) is 17.6 Å². The van der Waals surface area contributed by atoms with Crippen molar-refractivity contribution in [1.82, 2.24) is 0 Å². The maximum absolute atomic E-state index is 14.1. The van der Waals surface area contributed by atoms with E-state index in [2.05, 4.69) is 4.74 Å². The smallest absolute Gasteiger partial charge is 0.416 e. The summed E-state index contributed by atoms with van der Waals surface area (Å²) in [4.78, 5) is 23.6. The highest BCUT2D eigenvalue weighted by atomic mass is 35.5. The lowest BCUT2D eigenvalue weighted by atomic mass is 9.93. The van der Waals surface area contributed by atoms with Gasteiger partial charge in [0.2, 0.25) is 0 Å². The van der Waals surface area contributed by atoms with Crippen molar-refractivity contribution in [2.75, 3.05) is 21.3 Å². The van der Waals surface area contributed by atoms with E-state index in [0.717, 1.165) is 19.2 Å². The monoisotopic (exact) mass is 488 g/mol. The molecular formula is C23H21ClF4O5. The summed E-state index contributed by atoms with van der Waals surface area (Å²) in [5.41, 5.74) is -0.906. The molecule has 0 unspecified atom stereocenters. The van der Waals surface area contributed by atoms with Gasteiger partial charge in [-0.05, 0) is 59.9 Å². The van der Waals surface area contributed by atoms with E-state index in [-0.39, 0.29) is 45.9 Å². The molecule has 2 rings (SSSR count). The van der Waals surface area contributed by atoms with Crippen LogP contribution in [0.1, 0.15) is 46.3 Å². The summed E-state index contributed by atoms with van der Waals surface area (Å²) in [6.45, 7) is 0. The molecule has 0 aliphatic rings. The molecule has 2 aromatic rings. The van der Waals surface area contributed by atoms with Gasteiger partial charge in [-0.25, -0.2) is 9.18 Å². The fourth-order valence-electron chi connectivity index (χ4n) is 3.12. The van der Waals surface area contributed by atoms with Crippen LogP contribution in [-0.2, 0) is 20.4 Å². The van der Waals surface area contributed by atoms with Crippen LogP contribution in [0.5, 0.6) is 5.75 Å². The molecule has 0 saturated carbocycles. The summed E-state index contributed by atoms with van der Waals surface area (Å²) >= 11 is 6.25. The van der Waals surface area contributed by atoms with Crippen LogP contribution in [0.25, 0.3) is 5.57 Å². The molecule has 0 bridgehead atoms. The number of methoxy groups -OCH3 is 3. The van der Waals surface area contributed by atoms with E-state index in [9.17, 15) is 27.2 Å². The van der Waals surface area contributed by atoms with E-state index in [1.807, 2.05) is 0 Å². The molecule has 0 atom stereocenters. The van der Waals surface area contributed by atoms with Crippen molar-refractivity contribution < 1.29 is 41.4 Å². The fraction of sp³-hybridized carbons (Fsp3) is 0.304. The maximum atomic E-state index is 14.1. The normalized spacial score (nSPS) is 11.8. The topological polar surface area (TPSA) is 61.8 Å². The number of hydrogen-bond donors (Lipinski definition) is 0. The third kappa shape index (κ3) is 6.71. The summed E-state index contributed by atoms with van der Waals surface area (Å²) in [6, 6.07) is 4.85. The van der Waals surface area contributed by atoms with Gasteiger partial charge >= 0.3 is 18.1 Å². The number of rotatable bonds is 8. The Bertz CT molecular complexity index is 1060. The molecule has 5 nitrogen and oxygen atoms in total. The number of hydrogen-bond acceptors (Lipinski definition) is 5. The number of ether oxygens (including phenoxy) is 3. The molecule has 0 aliphatic carbocycles. The first-order chi connectivity index (χ1) is 15.5. The Morgan fingerprint density at radius 3 is 2.24 bits per heavy atom. The summed E-state index contributed by atoms with van der Waals surface area (Å²) in [6.07, 6.45) is -2.59. The number of halogens is 5. The highest BCUT2D eigenvalue weighted by Crippen LogP contribution is 2.37. The van der Waals surface area contributed by atoms with Crippen LogP contribution in [0.2, 0.25) is 5.02 Å². The van der Waals surface area contributed by atoms with Gasteiger partial charge in [-0.15, -0.1) is 0 Å². The quantitative estimate of drug-likeness (QED) is 0.256. The van der Waals surface area contributed by atoms with Crippen LogP contribution in [0.3, 0.4) is 0 Å². The van der Waals surface area contributed by atoms with Gasteiger partial charge in [0.1, 0.15) is 11.4 Å². The van der Waals surface area contributed by atoms with Crippen LogP contribution < -0.4 is 4.74 Å². The van der Waals surface area contributed by atoms with Gasteiger partial charge in [-0.2, -0.15) is 13.2 Å². The van der Waals surface area contributed by atoms with Crippen LogP contribution >= 0.6 is 11.6 Å². The third-order valence-electron chi connectivity index (χ3n) is 4.66. The van der Waals surface area contributed by atoms with Crippen molar-refractivity contribution in [3.63, 3.8) is 0 Å². The molecule has 0 saturated heterocycles. The first-order valence-electron chi connectivity index (χ1n) is 9.63. The zero-order valence-electron chi connectivity index (χ0n) is 18.0. The molecule has 0 aliphatic heterocycles. The number of carbonyl (C=O) groups is 2. The van der Waals surface area contributed by atoms with Crippen molar-refractivity contribution in [3.05, 3.63) is 69.5 Å². The first kappa shape index (κ1) is 26.2. The Balaban J connectivity index is 2.67. The Kier molecular flexibility index (Phi) is 8.87. The summed E-state index contributed by atoms with van der Waals surface area (Å²) in [5.74, 6) is -2.30. The maximum Gasteiger partial charge on any atom is 0.416 e. The number of carbonyl (C=O) groups excluding carboxylic acids is 2. The largest absolute Gasteiger partial charge is 0.494 e. The molecule has 2 aromatic carbocycles. The molecule has 0 amide bonds. The summed E-state index contributed by atoms with van der Waals surface area (Å²) in [7, 11) is 3.68. The second kappa shape index (κ2) is 11.2. The van der Waals surface area contributed by atoms with Crippen molar-refractivity contribution in [3.8, 4) is 5.75 Å². The molecule has 0 radical (unpaired) electrons. The number of unbranched alkanes of at least 4 members (excludes halogenated alkanes) is 1. The Morgan fingerprint density at radius 1 is 1.00 bits per heavy atom. The second-order valence-corrected chi connectivity index (χ2v) is 7.25. The van der Waals surface area contributed by atoms with Gasteiger partial charge in [-0.3, -0.25) is 4.79 Å². The first-order valence-corrected chi connectivity index (χ1v) is 10.0. The predicted octanol–water partition coefficient (Wildman–Crippen LogP) is 6.07. The number of esters is 2. The Morgan fingerprint density at radius 2 is 1.67 bits per heavy atom.